The zero-order valence-corrected chi connectivity index (χ0v) is 15.6. The second-order valence-corrected chi connectivity index (χ2v) is 8.56. The lowest BCUT2D eigenvalue weighted by Gasteiger charge is -2.28. The molecule has 0 amide bonds. The number of nitrogens with zero attached hydrogens (tertiary/aromatic N) is 1. The summed E-state index contributed by atoms with van der Waals surface area (Å²) in [6.45, 7) is 0.725. The zero-order valence-electron chi connectivity index (χ0n) is 13.3. The van der Waals surface area contributed by atoms with E-state index in [1.165, 1.54) is 16.9 Å². The first-order chi connectivity index (χ1) is 11.6. The monoisotopic (exact) mass is 378 g/mol. The van der Waals surface area contributed by atoms with Gasteiger partial charge in [0.15, 0.2) is 0 Å². The van der Waals surface area contributed by atoms with Crippen LogP contribution in [-0.2, 0) is 6.54 Å². The number of hydrogen-bond donors (Lipinski definition) is 1. The lowest BCUT2D eigenvalue weighted by atomic mass is 9.98. The lowest BCUT2D eigenvalue weighted by Crippen LogP contribution is -2.31. The van der Waals surface area contributed by atoms with Crippen molar-refractivity contribution in [1.29, 1.82) is 0 Å². The molecule has 1 aromatic rings. The van der Waals surface area contributed by atoms with Crippen LogP contribution in [0.15, 0.2) is 63.3 Å². The van der Waals surface area contributed by atoms with E-state index in [4.69, 9.17) is 28.9 Å². The van der Waals surface area contributed by atoms with Crippen LogP contribution in [0.3, 0.4) is 0 Å². The summed E-state index contributed by atoms with van der Waals surface area (Å²) in [5.41, 5.74) is 8.62. The number of benzene rings is 1. The molecule has 4 rings (SSSR count). The third-order valence-corrected chi connectivity index (χ3v) is 7.36. The Morgan fingerprint density at radius 1 is 1.12 bits per heavy atom. The van der Waals surface area contributed by atoms with Gasteiger partial charge < -0.3 is 10.6 Å². The fourth-order valence-electron chi connectivity index (χ4n) is 3.81. The molecule has 1 aromatic carbocycles. The number of rotatable bonds is 3. The summed E-state index contributed by atoms with van der Waals surface area (Å²) < 4.78 is 0. The molecule has 1 saturated carbocycles. The van der Waals surface area contributed by atoms with Crippen molar-refractivity contribution in [2.24, 2.45) is 11.7 Å². The van der Waals surface area contributed by atoms with Gasteiger partial charge in [0.25, 0.3) is 0 Å². The van der Waals surface area contributed by atoms with Crippen LogP contribution in [0.4, 0.5) is 0 Å². The number of thioether (sulfide) groups is 1. The Morgan fingerprint density at radius 3 is 2.62 bits per heavy atom. The maximum absolute atomic E-state index is 6.86. The van der Waals surface area contributed by atoms with Crippen LogP contribution in [-0.4, -0.2) is 16.2 Å². The molecule has 3 atom stereocenters. The van der Waals surface area contributed by atoms with E-state index in [0.717, 1.165) is 30.1 Å². The quantitative estimate of drug-likeness (QED) is 0.736. The third kappa shape index (κ3) is 2.92. The highest BCUT2D eigenvalue weighted by molar-refractivity contribution is 8.04. The molecule has 126 valence electrons. The topological polar surface area (TPSA) is 29.3 Å². The molecule has 3 aliphatic rings. The van der Waals surface area contributed by atoms with Crippen LogP contribution in [0.25, 0.3) is 0 Å². The molecule has 0 radical (unpaired) electrons. The normalized spacial score (nSPS) is 29.6. The summed E-state index contributed by atoms with van der Waals surface area (Å²) in [6.07, 6.45) is 7.53. The first kappa shape index (κ1) is 16.6. The molecular formula is C19H20Cl2N2S. The van der Waals surface area contributed by atoms with Gasteiger partial charge in [0.2, 0.25) is 0 Å². The van der Waals surface area contributed by atoms with Crippen LogP contribution >= 0.6 is 35.0 Å². The largest absolute Gasteiger partial charge is 0.327 e. The van der Waals surface area contributed by atoms with Gasteiger partial charge in [-0.2, -0.15) is 0 Å². The highest BCUT2D eigenvalue weighted by Crippen LogP contribution is 2.53. The predicted molar refractivity (Wildman–Crippen MR) is 104 cm³/mol. The van der Waals surface area contributed by atoms with Crippen LogP contribution < -0.4 is 5.73 Å². The number of nitrogens with two attached hydrogens (primary N) is 1. The molecule has 24 heavy (non-hydrogen) atoms. The molecular weight excluding hydrogens is 359 g/mol. The van der Waals surface area contributed by atoms with Crippen molar-refractivity contribution in [2.75, 3.05) is 0 Å². The first-order valence-corrected chi connectivity index (χ1v) is 10.00. The summed E-state index contributed by atoms with van der Waals surface area (Å²) in [5.74, 6) is 0.457. The molecule has 2 heterocycles. The van der Waals surface area contributed by atoms with Crippen molar-refractivity contribution in [3.63, 3.8) is 0 Å². The van der Waals surface area contributed by atoms with Crippen molar-refractivity contribution < 1.29 is 0 Å². The van der Waals surface area contributed by atoms with Crippen LogP contribution in [0, 0.1) is 5.92 Å². The van der Waals surface area contributed by atoms with Crippen LogP contribution in [0.5, 0.6) is 0 Å². The minimum absolute atomic E-state index is 0.253. The van der Waals surface area contributed by atoms with Gasteiger partial charge in [-0.05, 0) is 36.5 Å². The van der Waals surface area contributed by atoms with E-state index in [-0.39, 0.29) is 11.3 Å². The Hall–Kier alpha value is -0.870. The van der Waals surface area contributed by atoms with Crippen LogP contribution in [0.2, 0.25) is 0 Å². The SMILES string of the molecule is N[C@H]1CCC[C@@H]1C1SC2=CC=C(Cl)N(Cc3ccccc3)C2=C1Cl. The van der Waals surface area contributed by atoms with E-state index in [1.54, 1.807) is 0 Å². The van der Waals surface area contributed by atoms with Gasteiger partial charge in [0.05, 0.1) is 16.0 Å². The lowest BCUT2D eigenvalue weighted by molar-refractivity contribution is 0.446. The van der Waals surface area contributed by atoms with E-state index >= 15 is 0 Å². The molecule has 2 aliphatic heterocycles. The van der Waals surface area contributed by atoms with Crippen molar-refractivity contribution in [1.82, 2.24) is 4.90 Å². The third-order valence-electron chi connectivity index (χ3n) is 5.06. The molecule has 0 spiro atoms. The molecule has 1 aliphatic carbocycles. The minimum atomic E-state index is 0.253. The number of allylic oxidation sites excluding steroid dienone is 2. The Kier molecular flexibility index (Phi) is 4.70. The standard InChI is InChI=1S/C19H20Cl2N2S/c20-16-10-9-15-18(23(16)11-12-5-2-1-3-6-12)17(21)19(24-15)13-7-4-8-14(13)22/h1-3,5-6,9-10,13-14,19H,4,7-8,11,22H2/t13-,14-,19?/m0/s1. The fourth-order valence-corrected chi connectivity index (χ4v) is 6.05. The van der Waals surface area contributed by atoms with Gasteiger partial charge in [-0.15, -0.1) is 11.8 Å². The van der Waals surface area contributed by atoms with Gasteiger partial charge in [-0.3, -0.25) is 0 Å². The van der Waals surface area contributed by atoms with Crippen molar-refractivity contribution in [3.05, 3.63) is 68.8 Å². The Morgan fingerprint density at radius 2 is 1.92 bits per heavy atom. The van der Waals surface area contributed by atoms with Gasteiger partial charge in [0.1, 0.15) is 5.16 Å². The van der Waals surface area contributed by atoms with E-state index < -0.39 is 0 Å². The van der Waals surface area contributed by atoms with Crippen molar-refractivity contribution in [3.8, 4) is 0 Å². The van der Waals surface area contributed by atoms with E-state index in [1.807, 2.05) is 36.0 Å². The van der Waals surface area contributed by atoms with Gasteiger partial charge >= 0.3 is 0 Å². The maximum Gasteiger partial charge on any atom is 0.109 e. The number of fused-ring (bicyclic) bond motifs is 1. The molecule has 1 fully saturated rings. The summed E-state index contributed by atoms with van der Waals surface area (Å²) in [5, 5.41) is 1.89. The first-order valence-electron chi connectivity index (χ1n) is 8.36. The maximum atomic E-state index is 6.86. The molecule has 2 nitrogen and oxygen atoms in total. The summed E-state index contributed by atoms with van der Waals surface area (Å²) in [4.78, 5) is 3.34. The highest BCUT2D eigenvalue weighted by Gasteiger charge is 2.42. The summed E-state index contributed by atoms with van der Waals surface area (Å²) >= 11 is 15.2. The van der Waals surface area contributed by atoms with Crippen LogP contribution in [0.1, 0.15) is 24.8 Å². The average Bonchev–Trinajstić information content (AvgIpc) is 3.15. The Balaban J connectivity index is 1.66. The van der Waals surface area contributed by atoms with E-state index in [0.29, 0.717) is 11.1 Å². The van der Waals surface area contributed by atoms with Crippen molar-refractivity contribution >= 4 is 35.0 Å². The predicted octanol–water partition coefficient (Wildman–Crippen LogP) is 5.16. The molecule has 2 N–H and O–H groups in total. The van der Waals surface area contributed by atoms with Crippen molar-refractivity contribution in [2.45, 2.75) is 37.1 Å². The van der Waals surface area contributed by atoms with E-state index in [2.05, 4.69) is 23.1 Å². The van der Waals surface area contributed by atoms with E-state index in [9.17, 15) is 0 Å². The Bertz CT molecular complexity index is 726. The molecule has 0 aromatic heterocycles. The average molecular weight is 379 g/mol. The highest BCUT2D eigenvalue weighted by atomic mass is 35.5. The summed E-state index contributed by atoms with van der Waals surface area (Å²) in [6, 6.07) is 10.6. The molecule has 0 bridgehead atoms. The number of halogens is 2. The molecule has 1 unspecified atom stereocenters. The Labute approximate surface area is 157 Å². The zero-order chi connectivity index (χ0) is 16.7. The number of hydrogen-bond acceptors (Lipinski definition) is 3. The molecule has 5 heteroatoms. The minimum Gasteiger partial charge on any atom is -0.327 e. The summed E-state index contributed by atoms with van der Waals surface area (Å²) in [7, 11) is 0. The van der Waals surface area contributed by atoms with Gasteiger partial charge in [0, 0.05) is 17.5 Å². The van der Waals surface area contributed by atoms with Gasteiger partial charge in [-0.25, -0.2) is 0 Å². The van der Waals surface area contributed by atoms with Gasteiger partial charge in [-0.1, -0.05) is 60.0 Å². The smallest absolute Gasteiger partial charge is 0.109 e. The molecule has 0 saturated heterocycles. The second-order valence-electron chi connectivity index (χ2n) is 6.59. The second kappa shape index (κ2) is 6.80. The fraction of sp³-hybridized carbons (Fsp3) is 0.368.